The molecule has 3 heterocycles. The van der Waals surface area contributed by atoms with Crippen LogP contribution in [0.25, 0.3) is 11.3 Å². The van der Waals surface area contributed by atoms with E-state index in [9.17, 15) is 4.79 Å². The number of fused-ring (bicyclic) bond motifs is 1. The molecule has 0 radical (unpaired) electrons. The smallest absolute Gasteiger partial charge is 0.224 e. The summed E-state index contributed by atoms with van der Waals surface area (Å²) in [7, 11) is 1.58. The molecule has 0 unspecified atom stereocenters. The van der Waals surface area contributed by atoms with Gasteiger partial charge >= 0.3 is 0 Å². The van der Waals surface area contributed by atoms with E-state index in [1.807, 2.05) is 76.2 Å². The van der Waals surface area contributed by atoms with Gasteiger partial charge < -0.3 is 19.2 Å². The topological polar surface area (TPSA) is 82.7 Å². The summed E-state index contributed by atoms with van der Waals surface area (Å²) in [5.74, 6) is 1.03. The molecular weight excluding hydrogens is 442 g/mol. The molecular formula is C27H25N5O3. The molecule has 2 aromatic carbocycles. The highest BCUT2D eigenvalue weighted by Crippen LogP contribution is 2.31. The van der Waals surface area contributed by atoms with Crippen molar-refractivity contribution in [2.45, 2.75) is 19.4 Å². The van der Waals surface area contributed by atoms with E-state index in [1.54, 1.807) is 31.5 Å². The SMILES string of the molecule is COc1ccc(NC(=O)CCc2cnn(-c3ccccc3)c2)cc1OCc1cn2ccccc2n1. The van der Waals surface area contributed by atoms with Crippen LogP contribution in [0.2, 0.25) is 0 Å². The number of benzene rings is 2. The molecule has 0 bridgehead atoms. The van der Waals surface area contributed by atoms with E-state index >= 15 is 0 Å². The van der Waals surface area contributed by atoms with E-state index in [0.29, 0.717) is 30.0 Å². The van der Waals surface area contributed by atoms with E-state index in [0.717, 1.165) is 22.6 Å². The lowest BCUT2D eigenvalue weighted by Crippen LogP contribution is -2.12. The second-order valence-corrected chi connectivity index (χ2v) is 8.03. The molecule has 0 spiro atoms. The second-order valence-electron chi connectivity index (χ2n) is 8.03. The fraction of sp³-hybridized carbons (Fsp3) is 0.148. The second kappa shape index (κ2) is 10.1. The van der Waals surface area contributed by atoms with Crippen LogP contribution in [0, 0.1) is 0 Å². The molecule has 0 saturated carbocycles. The average molecular weight is 468 g/mol. The quantitative estimate of drug-likeness (QED) is 0.340. The molecule has 0 aliphatic heterocycles. The summed E-state index contributed by atoms with van der Waals surface area (Å²) in [4.78, 5) is 17.1. The van der Waals surface area contributed by atoms with Gasteiger partial charge in [-0.15, -0.1) is 0 Å². The van der Waals surface area contributed by atoms with Crippen LogP contribution in [0.3, 0.4) is 0 Å². The van der Waals surface area contributed by atoms with Crippen LogP contribution >= 0.6 is 0 Å². The summed E-state index contributed by atoms with van der Waals surface area (Å²) in [5, 5.41) is 7.33. The normalized spacial score (nSPS) is 10.9. The summed E-state index contributed by atoms with van der Waals surface area (Å²) in [6.45, 7) is 0.279. The number of para-hydroxylation sites is 1. The van der Waals surface area contributed by atoms with Gasteiger partial charge in [-0.3, -0.25) is 4.79 Å². The number of rotatable bonds is 9. The standard InChI is InChI=1S/C27H25N5O3/c1-34-24-12-11-21(15-25(24)35-19-22-18-31-14-6-5-9-26(31)29-22)30-27(33)13-10-20-16-28-32(17-20)23-7-3-2-4-8-23/h2-9,11-12,14-18H,10,13,19H2,1H3,(H,30,33). The average Bonchev–Trinajstić information content (AvgIpc) is 3.54. The van der Waals surface area contributed by atoms with Gasteiger partial charge in [-0.25, -0.2) is 9.67 Å². The van der Waals surface area contributed by atoms with Gasteiger partial charge in [0.15, 0.2) is 11.5 Å². The maximum atomic E-state index is 12.6. The number of nitrogens with one attached hydrogen (secondary N) is 1. The van der Waals surface area contributed by atoms with E-state index < -0.39 is 0 Å². The molecule has 5 aromatic rings. The number of aryl methyl sites for hydroxylation is 1. The largest absolute Gasteiger partial charge is 0.493 e. The number of amides is 1. The molecule has 0 aliphatic carbocycles. The number of anilines is 1. The van der Waals surface area contributed by atoms with Gasteiger partial charge in [0.25, 0.3) is 0 Å². The van der Waals surface area contributed by atoms with Crippen LogP contribution < -0.4 is 14.8 Å². The summed E-state index contributed by atoms with van der Waals surface area (Å²) in [6.07, 6.45) is 8.53. The maximum absolute atomic E-state index is 12.6. The van der Waals surface area contributed by atoms with Gasteiger partial charge in [0.2, 0.25) is 5.91 Å². The Kier molecular flexibility index (Phi) is 6.43. The number of carbonyl (C=O) groups is 1. The van der Waals surface area contributed by atoms with Crippen LogP contribution in [0.4, 0.5) is 5.69 Å². The Morgan fingerprint density at radius 2 is 1.86 bits per heavy atom. The highest BCUT2D eigenvalue weighted by Gasteiger charge is 2.11. The zero-order valence-electron chi connectivity index (χ0n) is 19.3. The molecule has 3 aromatic heterocycles. The Morgan fingerprint density at radius 3 is 2.69 bits per heavy atom. The van der Waals surface area contributed by atoms with Gasteiger partial charge in [-0.2, -0.15) is 5.10 Å². The number of hydrogen-bond acceptors (Lipinski definition) is 5. The number of aromatic nitrogens is 4. The third-order valence-corrected chi connectivity index (χ3v) is 5.53. The van der Waals surface area contributed by atoms with Crippen molar-refractivity contribution in [1.82, 2.24) is 19.2 Å². The number of carbonyl (C=O) groups excluding carboxylic acids is 1. The van der Waals surface area contributed by atoms with E-state index in [-0.39, 0.29) is 12.5 Å². The molecule has 35 heavy (non-hydrogen) atoms. The number of imidazole rings is 1. The highest BCUT2D eigenvalue weighted by molar-refractivity contribution is 5.91. The van der Waals surface area contributed by atoms with Crippen molar-refractivity contribution in [1.29, 1.82) is 0 Å². The lowest BCUT2D eigenvalue weighted by atomic mass is 10.2. The zero-order chi connectivity index (χ0) is 24.0. The van der Waals surface area contributed by atoms with Crippen molar-refractivity contribution in [3.63, 3.8) is 0 Å². The molecule has 0 atom stereocenters. The Morgan fingerprint density at radius 1 is 1.00 bits per heavy atom. The number of methoxy groups -OCH3 is 1. The van der Waals surface area contributed by atoms with E-state index in [1.165, 1.54) is 0 Å². The summed E-state index contributed by atoms with van der Waals surface area (Å²) in [5.41, 5.74) is 4.27. The molecule has 5 rings (SSSR count). The third-order valence-electron chi connectivity index (χ3n) is 5.53. The minimum Gasteiger partial charge on any atom is -0.493 e. The van der Waals surface area contributed by atoms with Crippen molar-refractivity contribution < 1.29 is 14.3 Å². The van der Waals surface area contributed by atoms with Gasteiger partial charge in [0.05, 0.1) is 24.7 Å². The Hall–Kier alpha value is -4.59. The molecule has 176 valence electrons. The zero-order valence-corrected chi connectivity index (χ0v) is 19.3. The molecule has 0 saturated heterocycles. The number of ether oxygens (including phenoxy) is 2. The van der Waals surface area contributed by atoms with Crippen LogP contribution in [0.1, 0.15) is 17.7 Å². The molecule has 0 aliphatic rings. The van der Waals surface area contributed by atoms with Crippen molar-refractivity contribution in [2.75, 3.05) is 12.4 Å². The lowest BCUT2D eigenvalue weighted by molar-refractivity contribution is -0.116. The third kappa shape index (κ3) is 5.33. The van der Waals surface area contributed by atoms with Gasteiger partial charge in [0.1, 0.15) is 12.3 Å². The fourth-order valence-electron chi connectivity index (χ4n) is 3.77. The van der Waals surface area contributed by atoms with Gasteiger partial charge in [0, 0.05) is 36.8 Å². The molecule has 8 nitrogen and oxygen atoms in total. The van der Waals surface area contributed by atoms with E-state index in [2.05, 4.69) is 15.4 Å². The Labute approximate surface area is 202 Å². The maximum Gasteiger partial charge on any atom is 0.224 e. The Bertz CT molecular complexity index is 1410. The first-order valence-corrected chi connectivity index (χ1v) is 11.3. The first-order valence-electron chi connectivity index (χ1n) is 11.3. The number of nitrogens with zero attached hydrogens (tertiary/aromatic N) is 4. The predicted molar refractivity (Wildman–Crippen MR) is 133 cm³/mol. The minimum absolute atomic E-state index is 0.0890. The van der Waals surface area contributed by atoms with Crippen molar-refractivity contribution in [2.24, 2.45) is 0 Å². The van der Waals surface area contributed by atoms with Gasteiger partial charge in [-0.05, 0) is 48.4 Å². The van der Waals surface area contributed by atoms with Crippen LogP contribution in [-0.4, -0.2) is 32.2 Å². The Balaban J connectivity index is 1.19. The van der Waals surface area contributed by atoms with Crippen LogP contribution in [0.5, 0.6) is 11.5 Å². The first-order chi connectivity index (χ1) is 17.2. The summed E-state index contributed by atoms with van der Waals surface area (Å²) in [6, 6.07) is 21.0. The van der Waals surface area contributed by atoms with E-state index in [4.69, 9.17) is 9.47 Å². The monoisotopic (exact) mass is 467 g/mol. The first kappa shape index (κ1) is 22.2. The molecule has 0 fully saturated rings. The van der Waals surface area contributed by atoms with Gasteiger partial charge in [-0.1, -0.05) is 24.3 Å². The van der Waals surface area contributed by atoms with Crippen molar-refractivity contribution >= 4 is 17.2 Å². The van der Waals surface area contributed by atoms with Crippen LogP contribution in [-0.2, 0) is 17.8 Å². The molecule has 8 heteroatoms. The summed E-state index contributed by atoms with van der Waals surface area (Å²) >= 11 is 0. The number of pyridine rings is 1. The van der Waals surface area contributed by atoms with Crippen molar-refractivity contribution in [3.05, 3.63) is 103 Å². The molecule has 1 amide bonds. The lowest BCUT2D eigenvalue weighted by Gasteiger charge is -2.12. The van der Waals surface area contributed by atoms with Crippen molar-refractivity contribution in [3.8, 4) is 17.2 Å². The summed E-state index contributed by atoms with van der Waals surface area (Å²) < 4.78 is 15.2. The number of hydrogen-bond donors (Lipinski definition) is 1. The molecule has 1 N–H and O–H groups in total. The minimum atomic E-state index is -0.0890. The fourth-order valence-corrected chi connectivity index (χ4v) is 3.77. The van der Waals surface area contributed by atoms with Crippen LogP contribution in [0.15, 0.2) is 91.5 Å². The predicted octanol–water partition coefficient (Wildman–Crippen LogP) is 4.68. The highest BCUT2D eigenvalue weighted by atomic mass is 16.5.